The lowest BCUT2D eigenvalue weighted by Crippen LogP contribution is -2.61. The van der Waals surface area contributed by atoms with E-state index < -0.39 is 36.0 Å². The molecule has 0 saturated carbocycles. The molecule has 1 aromatic rings. The Morgan fingerprint density at radius 1 is 1.06 bits per heavy atom. The number of para-hydroxylation sites is 2. The van der Waals surface area contributed by atoms with Gasteiger partial charge in [0.15, 0.2) is 0 Å². The lowest BCUT2D eigenvalue weighted by Gasteiger charge is -2.39. The topological polar surface area (TPSA) is 128 Å². The van der Waals surface area contributed by atoms with Crippen molar-refractivity contribution in [2.24, 2.45) is 17.8 Å². The molecule has 0 radical (unpaired) electrons. The summed E-state index contributed by atoms with van der Waals surface area (Å²) in [4.78, 5) is 52.1. The maximum atomic E-state index is 13.4. The molecule has 2 rings (SSSR count). The molecule has 1 aliphatic heterocycles. The maximum absolute atomic E-state index is 13.4. The molecule has 4 N–H and O–H groups in total. The van der Waals surface area contributed by atoms with Crippen molar-refractivity contribution in [3.63, 3.8) is 0 Å². The van der Waals surface area contributed by atoms with Crippen molar-refractivity contribution in [3.05, 3.63) is 24.3 Å². The molecule has 32 heavy (non-hydrogen) atoms. The lowest BCUT2D eigenvalue weighted by molar-refractivity contribution is -0.143. The first kappa shape index (κ1) is 25.2. The van der Waals surface area contributed by atoms with Crippen LogP contribution >= 0.6 is 0 Å². The number of aliphatic carboxylic acids is 1. The number of benzene rings is 1. The van der Waals surface area contributed by atoms with Crippen LogP contribution in [0.2, 0.25) is 0 Å². The van der Waals surface area contributed by atoms with E-state index in [4.69, 9.17) is 0 Å². The van der Waals surface area contributed by atoms with Crippen LogP contribution in [-0.2, 0) is 14.4 Å². The number of anilines is 2. The van der Waals surface area contributed by atoms with Gasteiger partial charge in [-0.1, -0.05) is 60.1 Å². The van der Waals surface area contributed by atoms with Gasteiger partial charge in [0.1, 0.15) is 18.1 Å². The SMILES string of the molecule is CC[C@H](C)[C@H](NC(=O)[C@@H](NC(=O)N1c2ccccc2NC(=O)[C@H]1C(C)C)C(C)C)C(=O)O. The Morgan fingerprint density at radius 2 is 1.69 bits per heavy atom. The molecule has 0 unspecified atom stereocenters. The number of carbonyl (C=O) groups is 4. The Balaban J connectivity index is 2.32. The van der Waals surface area contributed by atoms with Crippen LogP contribution in [0.3, 0.4) is 0 Å². The van der Waals surface area contributed by atoms with Crippen molar-refractivity contribution in [1.29, 1.82) is 0 Å². The monoisotopic (exact) mass is 446 g/mol. The number of rotatable bonds is 8. The first-order valence-corrected chi connectivity index (χ1v) is 11.0. The second kappa shape index (κ2) is 10.5. The van der Waals surface area contributed by atoms with Gasteiger partial charge in [-0.2, -0.15) is 0 Å². The fourth-order valence-electron chi connectivity index (χ4n) is 3.76. The van der Waals surface area contributed by atoms with Crippen LogP contribution in [0.4, 0.5) is 16.2 Å². The average Bonchev–Trinajstić information content (AvgIpc) is 2.73. The van der Waals surface area contributed by atoms with Crippen LogP contribution in [-0.4, -0.2) is 47.0 Å². The number of hydrogen-bond donors (Lipinski definition) is 4. The van der Waals surface area contributed by atoms with Gasteiger partial charge in [0.05, 0.1) is 11.4 Å². The molecule has 1 aromatic carbocycles. The largest absolute Gasteiger partial charge is 0.480 e. The Kier molecular flexibility index (Phi) is 8.24. The Bertz CT molecular complexity index is 870. The summed E-state index contributed by atoms with van der Waals surface area (Å²) in [5, 5.41) is 17.6. The van der Waals surface area contributed by atoms with Gasteiger partial charge in [-0.15, -0.1) is 0 Å². The molecule has 0 bridgehead atoms. The van der Waals surface area contributed by atoms with Crippen LogP contribution in [0.15, 0.2) is 24.3 Å². The van der Waals surface area contributed by atoms with Crippen molar-refractivity contribution >= 4 is 35.2 Å². The third kappa shape index (κ3) is 5.38. The van der Waals surface area contributed by atoms with E-state index in [2.05, 4.69) is 16.0 Å². The minimum Gasteiger partial charge on any atom is -0.480 e. The zero-order chi connectivity index (χ0) is 24.2. The van der Waals surface area contributed by atoms with Gasteiger partial charge in [-0.3, -0.25) is 14.5 Å². The first-order valence-electron chi connectivity index (χ1n) is 11.0. The molecule has 4 amide bonds. The minimum absolute atomic E-state index is 0.178. The Morgan fingerprint density at radius 3 is 2.22 bits per heavy atom. The average molecular weight is 447 g/mol. The van der Waals surface area contributed by atoms with Crippen molar-refractivity contribution in [2.75, 3.05) is 10.2 Å². The fourth-order valence-corrected chi connectivity index (χ4v) is 3.76. The standard InChI is InChI=1S/C23H34N4O5/c1-7-14(6)18(22(30)31)25-20(28)17(12(2)3)26-23(32)27-16-11-9-8-10-15(16)24-21(29)19(27)13(4)5/h8-14,17-19H,7H2,1-6H3,(H,24,29)(H,25,28)(H,26,32)(H,30,31)/t14-,17-,18-,19+/m0/s1. The Hall–Kier alpha value is -3.10. The first-order chi connectivity index (χ1) is 15.0. The molecule has 176 valence electrons. The normalized spacial score (nSPS) is 18.4. The highest BCUT2D eigenvalue weighted by Gasteiger charge is 2.40. The van der Waals surface area contributed by atoms with Gasteiger partial charge in [0.2, 0.25) is 11.8 Å². The van der Waals surface area contributed by atoms with Crippen LogP contribution in [0, 0.1) is 17.8 Å². The molecule has 9 nitrogen and oxygen atoms in total. The zero-order valence-electron chi connectivity index (χ0n) is 19.5. The number of fused-ring (bicyclic) bond motifs is 1. The molecular weight excluding hydrogens is 412 g/mol. The number of hydrogen-bond acceptors (Lipinski definition) is 4. The van der Waals surface area contributed by atoms with Gasteiger partial charge in [0.25, 0.3) is 0 Å². The van der Waals surface area contributed by atoms with E-state index in [0.717, 1.165) is 0 Å². The molecule has 0 saturated heterocycles. The molecule has 1 heterocycles. The molecule has 4 atom stereocenters. The third-order valence-corrected chi connectivity index (χ3v) is 5.82. The van der Waals surface area contributed by atoms with E-state index >= 15 is 0 Å². The molecule has 0 aromatic heterocycles. The lowest BCUT2D eigenvalue weighted by atomic mass is 9.96. The number of carboxylic acids is 1. The van der Waals surface area contributed by atoms with Gasteiger partial charge < -0.3 is 21.1 Å². The number of amides is 4. The van der Waals surface area contributed by atoms with Gasteiger partial charge in [-0.25, -0.2) is 9.59 Å². The zero-order valence-corrected chi connectivity index (χ0v) is 19.5. The van der Waals surface area contributed by atoms with E-state index in [1.54, 1.807) is 45.0 Å². The maximum Gasteiger partial charge on any atom is 0.326 e. The number of carboxylic acid groups (broad SMARTS) is 1. The molecule has 0 aliphatic carbocycles. The van der Waals surface area contributed by atoms with Crippen molar-refractivity contribution in [3.8, 4) is 0 Å². The van der Waals surface area contributed by atoms with Crippen LogP contribution in [0.5, 0.6) is 0 Å². The smallest absolute Gasteiger partial charge is 0.326 e. The van der Waals surface area contributed by atoms with E-state index in [1.807, 2.05) is 20.8 Å². The summed E-state index contributed by atoms with van der Waals surface area (Å²) < 4.78 is 0. The van der Waals surface area contributed by atoms with Crippen molar-refractivity contribution in [2.45, 2.75) is 66.1 Å². The summed E-state index contributed by atoms with van der Waals surface area (Å²) >= 11 is 0. The quantitative estimate of drug-likeness (QED) is 0.488. The molecular formula is C23H34N4O5. The third-order valence-electron chi connectivity index (χ3n) is 5.82. The minimum atomic E-state index is -1.12. The Labute approximate surface area is 188 Å². The van der Waals surface area contributed by atoms with Crippen LogP contribution in [0.1, 0.15) is 48.0 Å². The van der Waals surface area contributed by atoms with Crippen molar-refractivity contribution < 1.29 is 24.3 Å². The summed E-state index contributed by atoms with van der Waals surface area (Å²) in [6, 6.07) is 3.59. The van der Waals surface area contributed by atoms with E-state index in [1.165, 1.54) is 4.90 Å². The summed E-state index contributed by atoms with van der Waals surface area (Å²) in [5.74, 6) is -2.76. The highest BCUT2D eigenvalue weighted by Crippen LogP contribution is 2.34. The highest BCUT2D eigenvalue weighted by molar-refractivity contribution is 6.12. The summed E-state index contributed by atoms with van der Waals surface area (Å²) in [7, 11) is 0. The summed E-state index contributed by atoms with van der Waals surface area (Å²) in [6.07, 6.45) is 0.575. The molecule has 0 spiro atoms. The second-order valence-electron chi connectivity index (χ2n) is 8.95. The van der Waals surface area contributed by atoms with Gasteiger partial charge in [-0.05, 0) is 29.9 Å². The van der Waals surface area contributed by atoms with Crippen LogP contribution in [0.25, 0.3) is 0 Å². The number of nitrogens with zero attached hydrogens (tertiary/aromatic N) is 1. The number of carbonyl (C=O) groups excluding carboxylic acids is 3. The van der Waals surface area contributed by atoms with Crippen molar-refractivity contribution in [1.82, 2.24) is 10.6 Å². The number of nitrogens with one attached hydrogen (secondary N) is 3. The van der Waals surface area contributed by atoms with Gasteiger partial charge >= 0.3 is 12.0 Å². The fraction of sp³-hybridized carbons (Fsp3) is 0.565. The number of urea groups is 1. The van der Waals surface area contributed by atoms with E-state index in [-0.39, 0.29) is 23.7 Å². The molecule has 9 heteroatoms. The highest BCUT2D eigenvalue weighted by atomic mass is 16.4. The van der Waals surface area contributed by atoms with E-state index in [9.17, 15) is 24.3 Å². The van der Waals surface area contributed by atoms with Gasteiger partial charge in [0, 0.05) is 0 Å². The predicted octanol–water partition coefficient (Wildman–Crippen LogP) is 2.82. The summed E-state index contributed by atoms with van der Waals surface area (Å²) in [6.45, 7) is 10.8. The second-order valence-corrected chi connectivity index (χ2v) is 8.95. The van der Waals surface area contributed by atoms with Crippen LogP contribution < -0.4 is 20.9 Å². The summed E-state index contributed by atoms with van der Waals surface area (Å²) in [5.41, 5.74) is 1.05. The molecule has 0 fully saturated rings. The van der Waals surface area contributed by atoms with E-state index in [0.29, 0.717) is 17.8 Å². The predicted molar refractivity (Wildman–Crippen MR) is 122 cm³/mol. The molecule has 1 aliphatic rings.